The number of aliphatic carboxylic acids is 1. The van der Waals surface area contributed by atoms with E-state index in [1.54, 1.807) is 13.0 Å². The lowest BCUT2D eigenvalue weighted by atomic mass is 10.3. The Balaban J connectivity index is 2.78. The Hall–Kier alpha value is -1.36. The molecular weight excluding hydrogens is 226 g/mol. The molecule has 88 valence electrons. The number of likely N-dealkylation sites (N-methyl/N-ethyl adjacent to an activating group) is 1. The number of hydrogen-bond donors (Lipinski definition) is 1. The van der Waals surface area contributed by atoms with E-state index in [2.05, 4.69) is 0 Å². The molecule has 0 saturated carbocycles. The third kappa shape index (κ3) is 3.06. The summed E-state index contributed by atoms with van der Waals surface area (Å²) in [7, 11) is 0. The van der Waals surface area contributed by atoms with Gasteiger partial charge < -0.3 is 10.0 Å². The van der Waals surface area contributed by atoms with Crippen LogP contribution in [0.25, 0.3) is 0 Å². The second-order valence-corrected chi connectivity index (χ2v) is 4.50. The van der Waals surface area contributed by atoms with Crippen LogP contribution in [-0.2, 0) is 11.2 Å². The molecule has 1 heterocycles. The number of carboxylic acid groups (broad SMARTS) is 1. The molecule has 0 unspecified atom stereocenters. The second kappa shape index (κ2) is 5.65. The van der Waals surface area contributed by atoms with Gasteiger partial charge in [-0.05, 0) is 25.5 Å². The van der Waals surface area contributed by atoms with Crippen molar-refractivity contribution in [1.82, 2.24) is 4.90 Å². The van der Waals surface area contributed by atoms with Gasteiger partial charge in [-0.15, -0.1) is 11.3 Å². The maximum atomic E-state index is 11.9. The Morgan fingerprint density at radius 2 is 2.06 bits per heavy atom. The molecule has 16 heavy (non-hydrogen) atoms. The zero-order valence-corrected chi connectivity index (χ0v) is 10.2. The predicted octanol–water partition coefficient (Wildman–Crippen LogP) is 1.86. The Bertz CT molecular complexity index is 386. The molecular formula is C11H15NO3S. The number of rotatable bonds is 5. The van der Waals surface area contributed by atoms with E-state index in [0.717, 1.165) is 11.3 Å². The zero-order valence-electron chi connectivity index (χ0n) is 9.40. The molecule has 1 rings (SSSR count). The van der Waals surface area contributed by atoms with Crippen molar-refractivity contribution in [3.8, 4) is 0 Å². The van der Waals surface area contributed by atoms with E-state index in [-0.39, 0.29) is 12.5 Å². The Labute approximate surface area is 98.5 Å². The Morgan fingerprint density at radius 3 is 2.50 bits per heavy atom. The summed E-state index contributed by atoms with van der Waals surface area (Å²) in [6, 6.07) is 3.67. The molecule has 0 spiro atoms. The maximum absolute atomic E-state index is 11.9. The Morgan fingerprint density at radius 1 is 1.38 bits per heavy atom. The standard InChI is InChI=1S/C11H15NO3S/c1-3-8-5-6-9(16-8)11(15)12(4-2)7-10(13)14/h5-6H,3-4,7H2,1-2H3,(H,13,14). The summed E-state index contributed by atoms with van der Waals surface area (Å²) in [6.45, 7) is 3.96. The maximum Gasteiger partial charge on any atom is 0.323 e. The summed E-state index contributed by atoms with van der Waals surface area (Å²) in [5.41, 5.74) is 0. The van der Waals surface area contributed by atoms with Crippen LogP contribution in [0.1, 0.15) is 28.4 Å². The molecule has 0 bridgehead atoms. The average molecular weight is 241 g/mol. The fourth-order valence-electron chi connectivity index (χ4n) is 1.33. The summed E-state index contributed by atoms with van der Waals surface area (Å²) < 4.78 is 0. The third-order valence-electron chi connectivity index (χ3n) is 2.22. The molecule has 0 aliphatic rings. The highest BCUT2D eigenvalue weighted by molar-refractivity contribution is 7.14. The van der Waals surface area contributed by atoms with Crippen LogP contribution in [0.2, 0.25) is 0 Å². The van der Waals surface area contributed by atoms with E-state index >= 15 is 0 Å². The molecule has 0 aromatic carbocycles. The first-order chi connectivity index (χ1) is 7.58. The zero-order chi connectivity index (χ0) is 12.1. The molecule has 1 aromatic rings. The van der Waals surface area contributed by atoms with Gasteiger partial charge in [0.25, 0.3) is 5.91 Å². The summed E-state index contributed by atoms with van der Waals surface area (Å²) >= 11 is 1.43. The summed E-state index contributed by atoms with van der Waals surface area (Å²) in [4.78, 5) is 25.6. The normalized spacial score (nSPS) is 10.1. The highest BCUT2D eigenvalue weighted by atomic mass is 32.1. The van der Waals surface area contributed by atoms with Crippen LogP contribution >= 0.6 is 11.3 Å². The van der Waals surface area contributed by atoms with Gasteiger partial charge in [0.2, 0.25) is 0 Å². The van der Waals surface area contributed by atoms with E-state index in [9.17, 15) is 9.59 Å². The number of carbonyl (C=O) groups excluding carboxylic acids is 1. The molecule has 0 radical (unpaired) electrons. The van der Waals surface area contributed by atoms with Crippen molar-refractivity contribution < 1.29 is 14.7 Å². The Kier molecular flexibility index (Phi) is 4.49. The monoisotopic (exact) mass is 241 g/mol. The van der Waals surface area contributed by atoms with E-state index in [0.29, 0.717) is 11.4 Å². The van der Waals surface area contributed by atoms with Crippen molar-refractivity contribution in [3.63, 3.8) is 0 Å². The molecule has 1 N–H and O–H groups in total. The van der Waals surface area contributed by atoms with Crippen LogP contribution in [-0.4, -0.2) is 35.0 Å². The van der Waals surface area contributed by atoms with Crippen LogP contribution < -0.4 is 0 Å². The highest BCUT2D eigenvalue weighted by Crippen LogP contribution is 2.18. The molecule has 0 aliphatic carbocycles. The van der Waals surface area contributed by atoms with Crippen LogP contribution in [0.5, 0.6) is 0 Å². The molecule has 0 aliphatic heterocycles. The minimum Gasteiger partial charge on any atom is -0.480 e. The number of aryl methyl sites for hydroxylation is 1. The number of thiophene rings is 1. The van der Waals surface area contributed by atoms with E-state index in [4.69, 9.17) is 5.11 Å². The minimum absolute atomic E-state index is 0.199. The van der Waals surface area contributed by atoms with Crippen molar-refractivity contribution in [2.75, 3.05) is 13.1 Å². The SMILES string of the molecule is CCc1ccc(C(=O)N(CC)CC(=O)O)s1. The van der Waals surface area contributed by atoms with E-state index in [1.165, 1.54) is 16.2 Å². The van der Waals surface area contributed by atoms with Crippen molar-refractivity contribution in [2.45, 2.75) is 20.3 Å². The summed E-state index contributed by atoms with van der Waals surface area (Å²) in [5.74, 6) is -1.18. The van der Waals surface area contributed by atoms with Gasteiger partial charge in [-0.2, -0.15) is 0 Å². The van der Waals surface area contributed by atoms with Crippen LogP contribution in [0.4, 0.5) is 0 Å². The first-order valence-electron chi connectivity index (χ1n) is 5.18. The number of amides is 1. The van der Waals surface area contributed by atoms with Gasteiger partial charge in [-0.1, -0.05) is 6.92 Å². The minimum atomic E-state index is -0.984. The van der Waals surface area contributed by atoms with Gasteiger partial charge >= 0.3 is 5.97 Å². The first kappa shape index (κ1) is 12.7. The summed E-state index contributed by atoms with van der Waals surface area (Å²) in [5, 5.41) is 8.67. The van der Waals surface area contributed by atoms with Crippen molar-refractivity contribution >= 4 is 23.2 Å². The molecule has 4 nitrogen and oxygen atoms in total. The smallest absolute Gasteiger partial charge is 0.323 e. The molecule has 0 atom stereocenters. The van der Waals surface area contributed by atoms with E-state index in [1.807, 2.05) is 13.0 Å². The lowest BCUT2D eigenvalue weighted by Gasteiger charge is -2.17. The quantitative estimate of drug-likeness (QED) is 0.856. The fourth-order valence-corrected chi connectivity index (χ4v) is 2.24. The van der Waals surface area contributed by atoms with Crippen molar-refractivity contribution in [1.29, 1.82) is 0 Å². The van der Waals surface area contributed by atoms with E-state index < -0.39 is 5.97 Å². The van der Waals surface area contributed by atoms with Gasteiger partial charge in [-0.25, -0.2) is 0 Å². The van der Waals surface area contributed by atoms with Crippen molar-refractivity contribution in [2.24, 2.45) is 0 Å². The fraction of sp³-hybridized carbons (Fsp3) is 0.455. The first-order valence-corrected chi connectivity index (χ1v) is 5.99. The number of carboxylic acids is 1. The number of carbonyl (C=O) groups is 2. The molecule has 0 saturated heterocycles. The molecule has 1 aromatic heterocycles. The van der Waals surface area contributed by atoms with Gasteiger partial charge in [0, 0.05) is 11.4 Å². The highest BCUT2D eigenvalue weighted by Gasteiger charge is 2.18. The third-order valence-corrected chi connectivity index (χ3v) is 3.43. The van der Waals surface area contributed by atoms with Crippen molar-refractivity contribution in [3.05, 3.63) is 21.9 Å². The predicted molar refractivity (Wildman–Crippen MR) is 62.9 cm³/mol. The number of nitrogens with zero attached hydrogens (tertiary/aromatic N) is 1. The number of hydrogen-bond acceptors (Lipinski definition) is 3. The van der Waals surface area contributed by atoms with Gasteiger partial charge in [0.1, 0.15) is 6.54 Å². The lowest BCUT2D eigenvalue weighted by molar-refractivity contribution is -0.137. The largest absolute Gasteiger partial charge is 0.480 e. The summed E-state index contributed by atoms with van der Waals surface area (Å²) in [6.07, 6.45) is 0.892. The average Bonchev–Trinajstić information content (AvgIpc) is 2.73. The van der Waals surface area contributed by atoms with Crippen LogP contribution in [0.15, 0.2) is 12.1 Å². The van der Waals surface area contributed by atoms with Crippen LogP contribution in [0.3, 0.4) is 0 Å². The van der Waals surface area contributed by atoms with Gasteiger partial charge in [0.05, 0.1) is 4.88 Å². The topological polar surface area (TPSA) is 57.6 Å². The van der Waals surface area contributed by atoms with Gasteiger partial charge in [-0.3, -0.25) is 9.59 Å². The van der Waals surface area contributed by atoms with Gasteiger partial charge in [0.15, 0.2) is 0 Å². The van der Waals surface area contributed by atoms with Crippen LogP contribution in [0, 0.1) is 0 Å². The molecule has 5 heteroatoms. The molecule has 1 amide bonds. The second-order valence-electron chi connectivity index (χ2n) is 3.33. The molecule has 0 fully saturated rings. The lowest BCUT2D eigenvalue weighted by Crippen LogP contribution is -2.34.